The van der Waals surface area contributed by atoms with Gasteiger partial charge >= 0.3 is 0 Å². The first-order valence-electron chi connectivity index (χ1n) is 8.03. The fourth-order valence-electron chi connectivity index (χ4n) is 2.62. The monoisotopic (exact) mass is 357 g/mol. The molecule has 1 aliphatic heterocycles. The van der Waals surface area contributed by atoms with Crippen LogP contribution in [0.25, 0.3) is 0 Å². The predicted octanol–water partition coefficient (Wildman–Crippen LogP) is 4.63. The molecule has 2 aromatic carbocycles. The lowest BCUT2D eigenvalue weighted by molar-refractivity contribution is 0.0959. The van der Waals surface area contributed by atoms with Crippen molar-refractivity contribution < 1.29 is 14.6 Å². The number of phenols is 1. The largest absolute Gasteiger partial charge is 0.508 e. The molecular formula is C20H20ClNO3. The molecule has 0 fully saturated rings. The predicted molar refractivity (Wildman–Crippen MR) is 98.2 cm³/mol. The van der Waals surface area contributed by atoms with Crippen LogP contribution in [0.3, 0.4) is 0 Å². The fraction of sp³-hybridized carbons (Fsp3) is 0.250. The van der Waals surface area contributed by atoms with Crippen molar-refractivity contribution in [2.45, 2.75) is 32.4 Å². The highest BCUT2D eigenvalue weighted by Gasteiger charge is 2.34. The quantitative estimate of drug-likeness (QED) is 0.769. The molecule has 0 radical (unpaired) electrons. The molecule has 0 spiro atoms. The van der Waals surface area contributed by atoms with Crippen LogP contribution in [0.1, 0.15) is 42.8 Å². The van der Waals surface area contributed by atoms with Crippen LogP contribution in [0.4, 0.5) is 0 Å². The first-order chi connectivity index (χ1) is 11.8. The van der Waals surface area contributed by atoms with Crippen molar-refractivity contribution in [3.8, 4) is 11.5 Å². The Morgan fingerprint density at radius 3 is 2.60 bits per heavy atom. The number of fused-ring (bicyclic) bond motifs is 1. The van der Waals surface area contributed by atoms with Gasteiger partial charge in [0.2, 0.25) is 0 Å². The minimum absolute atomic E-state index is 0.0645. The standard InChI is InChI=1S/C20H20ClNO3/c1-20(2,3)22-11-15-18(24)14-6-4-5-7-17(14)25-19(15)13-9-8-12(23)10-16(13)21/h4-11,19,22-23H,1-3H3/b15-11+. The number of hydrogen-bond donors (Lipinski definition) is 2. The summed E-state index contributed by atoms with van der Waals surface area (Å²) in [5.41, 5.74) is 1.43. The molecule has 0 bridgehead atoms. The Kier molecular flexibility index (Phi) is 4.48. The van der Waals surface area contributed by atoms with Crippen molar-refractivity contribution in [3.63, 3.8) is 0 Å². The summed E-state index contributed by atoms with van der Waals surface area (Å²) in [7, 11) is 0. The fourth-order valence-corrected chi connectivity index (χ4v) is 2.89. The normalized spacial score (nSPS) is 18.6. The third-order valence-electron chi connectivity index (χ3n) is 3.85. The number of halogens is 1. The Balaban J connectivity index is 2.11. The molecule has 1 heterocycles. The van der Waals surface area contributed by atoms with Gasteiger partial charge in [0, 0.05) is 17.3 Å². The number of para-hydroxylation sites is 1. The molecule has 0 aromatic heterocycles. The summed E-state index contributed by atoms with van der Waals surface area (Å²) in [6.45, 7) is 6.03. The summed E-state index contributed by atoms with van der Waals surface area (Å²) in [4.78, 5) is 13.0. The number of carbonyl (C=O) groups is 1. The van der Waals surface area contributed by atoms with Crippen LogP contribution in [0.5, 0.6) is 11.5 Å². The maximum absolute atomic E-state index is 13.0. The van der Waals surface area contributed by atoms with Gasteiger partial charge in [-0.1, -0.05) is 23.7 Å². The van der Waals surface area contributed by atoms with Crippen LogP contribution in [-0.4, -0.2) is 16.4 Å². The van der Waals surface area contributed by atoms with E-state index in [1.807, 2.05) is 32.9 Å². The van der Waals surface area contributed by atoms with E-state index in [2.05, 4.69) is 5.32 Å². The second-order valence-electron chi connectivity index (χ2n) is 7.02. The summed E-state index contributed by atoms with van der Waals surface area (Å²) in [6.07, 6.45) is 1.05. The molecule has 0 saturated heterocycles. The van der Waals surface area contributed by atoms with Crippen molar-refractivity contribution in [2.24, 2.45) is 0 Å². The van der Waals surface area contributed by atoms with E-state index in [-0.39, 0.29) is 17.1 Å². The van der Waals surface area contributed by atoms with E-state index >= 15 is 0 Å². The van der Waals surface area contributed by atoms with Gasteiger partial charge in [-0.05, 0) is 51.1 Å². The zero-order valence-electron chi connectivity index (χ0n) is 14.3. The van der Waals surface area contributed by atoms with E-state index in [0.29, 0.717) is 27.5 Å². The average Bonchev–Trinajstić information content (AvgIpc) is 2.53. The van der Waals surface area contributed by atoms with Gasteiger partial charge in [-0.3, -0.25) is 4.79 Å². The van der Waals surface area contributed by atoms with Gasteiger partial charge in [-0.2, -0.15) is 0 Å². The van der Waals surface area contributed by atoms with Crippen LogP contribution in [0.15, 0.2) is 54.2 Å². The molecular weight excluding hydrogens is 338 g/mol. The topological polar surface area (TPSA) is 58.6 Å². The van der Waals surface area contributed by atoms with Gasteiger partial charge in [0.05, 0.1) is 16.2 Å². The van der Waals surface area contributed by atoms with Gasteiger partial charge in [0.15, 0.2) is 11.9 Å². The molecule has 0 aliphatic carbocycles. The smallest absolute Gasteiger partial charge is 0.198 e. The van der Waals surface area contributed by atoms with E-state index in [4.69, 9.17) is 16.3 Å². The molecule has 0 amide bonds. The summed E-state index contributed by atoms with van der Waals surface area (Å²) in [5, 5.41) is 13.2. The molecule has 25 heavy (non-hydrogen) atoms. The summed E-state index contributed by atoms with van der Waals surface area (Å²) >= 11 is 6.29. The molecule has 1 unspecified atom stereocenters. The highest BCUT2D eigenvalue weighted by atomic mass is 35.5. The maximum atomic E-state index is 13.0. The Morgan fingerprint density at radius 2 is 1.92 bits per heavy atom. The van der Waals surface area contributed by atoms with Gasteiger partial charge in [0.1, 0.15) is 11.5 Å². The molecule has 2 N–H and O–H groups in total. The number of rotatable bonds is 2. The number of Topliss-reactive ketones (excluding diaryl/α,β-unsaturated/α-hetero) is 1. The lowest BCUT2D eigenvalue weighted by Gasteiger charge is -2.30. The Labute approximate surface area is 152 Å². The van der Waals surface area contributed by atoms with Crippen LogP contribution in [0.2, 0.25) is 5.02 Å². The van der Waals surface area contributed by atoms with Crippen LogP contribution < -0.4 is 10.1 Å². The highest BCUT2D eigenvalue weighted by Crippen LogP contribution is 2.41. The maximum Gasteiger partial charge on any atom is 0.198 e. The van der Waals surface area contributed by atoms with E-state index in [1.165, 1.54) is 12.1 Å². The molecule has 130 valence electrons. The third-order valence-corrected chi connectivity index (χ3v) is 4.18. The number of ketones is 1. The highest BCUT2D eigenvalue weighted by molar-refractivity contribution is 6.31. The van der Waals surface area contributed by atoms with Crippen molar-refractivity contribution in [3.05, 3.63) is 70.4 Å². The number of carbonyl (C=O) groups excluding carboxylic acids is 1. The molecule has 4 nitrogen and oxygen atoms in total. The Morgan fingerprint density at radius 1 is 1.20 bits per heavy atom. The van der Waals surface area contributed by atoms with Crippen molar-refractivity contribution >= 4 is 17.4 Å². The van der Waals surface area contributed by atoms with Gasteiger partial charge in [-0.25, -0.2) is 0 Å². The van der Waals surface area contributed by atoms with Crippen molar-refractivity contribution in [1.29, 1.82) is 0 Å². The summed E-state index contributed by atoms with van der Waals surface area (Å²) in [5.74, 6) is 0.483. The first-order valence-corrected chi connectivity index (χ1v) is 8.40. The second-order valence-corrected chi connectivity index (χ2v) is 7.43. The average molecular weight is 358 g/mol. The zero-order valence-corrected chi connectivity index (χ0v) is 15.1. The van der Waals surface area contributed by atoms with E-state index < -0.39 is 6.10 Å². The second kappa shape index (κ2) is 6.45. The van der Waals surface area contributed by atoms with Gasteiger partial charge in [0.25, 0.3) is 0 Å². The Bertz CT molecular complexity index is 852. The van der Waals surface area contributed by atoms with Crippen molar-refractivity contribution in [2.75, 3.05) is 0 Å². The molecule has 2 aromatic rings. The van der Waals surface area contributed by atoms with Crippen LogP contribution in [0, 0.1) is 0 Å². The lowest BCUT2D eigenvalue weighted by Crippen LogP contribution is -2.34. The van der Waals surface area contributed by atoms with E-state index in [1.54, 1.807) is 24.4 Å². The Hall–Kier alpha value is -2.46. The summed E-state index contributed by atoms with van der Waals surface area (Å²) < 4.78 is 6.09. The minimum atomic E-state index is -0.648. The van der Waals surface area contributed by atoms with Gasteiger partial charge in [-0.15, -0.1) is 0 Å². The van der Waals surface area contributed by atoms with Gasteiger partial charge < -0.3 is 15.2 Å². The number of nitrogens with one attached hydrogen (secondary N) is 1. The van der Waals surface area contributed by atoms with E-state index in [0.717, 1.165) is 0 Å². The molecule has 0 saturated carbocycles. The van der Waals surface area contributed by atoms with Crippen LogP contribution >= 0.6 is 11.6 Å². The number of aromatic hydroxyl groups is 1. The number of benzene rings is 2. The number of hydrogen-bond acceptors (Lipinski definition) is 4. The molecule has 3 rings (SSSR count). The molecule has 5 heteroatoms. The zero-order chi connectivity index (χ0) is 18.2. The minimum Gasteiger partial charge on any atom is -0.508 e. The third kappa shape index (κ3) is 3.64. The van der Waals surface area contributed by atoms with E-state index in [9.17, 15) is 9.90 Å². The summed E-state index contributed by atoms with van der Waals surface area (Å²) in [6, 6.07) is 11.8. The molecule has 1 atom stereocenters. The van der Waals surface area contributed by atoms with Crippen molar-refractivity contribution in [1.82, 2.24) is 5.32 Å². The number of ether oxygens (including phenoxy) is 1. The molecule has 1 aliphatic rings. The first kappa shape index (κ1) is 17.4. The lowest BCUT2D eigenvalue weighted by atomic mass is 9.91. The SMILES string of the molecule is CC(C)(C)N/C=C1\C(=O)c2ccccc2OC1c1ccc(O)cc1Cl. The number of phenolic OH excluding ortho intramolecular Hbond substituents is 1. The van der Waals surface area contributed by atoms with Crippen LogP contribution in [-0.2, 0) is 0 Å².